The molecule has 1 heterocycles. The van der Waals surface area contributed by atoms with E-state index in [4.69, 9.17) is 10.5 Å². The number of ether oxygens (including phenoxy) is 1. The lowest BCUT2D eigenvalue weighted by Crippen LogP contribution is -2.38. The number of hydrogen-bond acceptors (Lipinski definition) is 4. The van der Waals surface area contributed by atoms with Crippen LogP contribution in [0, 0.1) is 5.41 Å². The summed E-state index contributed by atoms with van der Waals surface area (Å²) in [5.74, 6) is 0.860. The molecule has 0 aliphatic carbocycles. The van der Waals surface area contributed by atoms with Crippen LogP contribution in [0.4, 0.5) is 0 Å². The van der Waals surface area contributed by atoms with Crippen molar-refractivity contribution < 1.29 is 9.53 Å². The van der Waals surface area contributed by atoms with Crippen molar-refractivity contribution in [3.8, 4) is 5.75 Å². The lowest BCUT2D eigenvalue weighted by Gasteiger charge is -2.22. The maximum atomic E-state index is 12.0. The van der Waals surface area contributed by atoms with E-state index in [2.05, 4.69) is 17.1 Å². The molecule has 1 amide bonds. The third kappa shape index (κ3) is 5.16. The van der Waals surface area contributed by atoms with Crippen molar-refractivity contribution in [3.63, 3.8) is 0 Å². The number of amides is 1. The van der Waals surface area contributed by atoms with Crippen LogP contribution in [0.5, 0.6) is 5.75 Å². The molecule has 3 N–H and O–H groups in total. The maximum absolute atomic E-state index is 12.0. The van der Waals surface area contributed by atoms with Crippen molar-refractivity contribution in [1.82, 2.24) is 10.2 Å². The van der Waals surface area contributed by atoms with Crippen molar-refractivity contribution in [3.05, 3.63) is 29.8 Å². The first-order valence-electron chi connectivity index (χ1n) is 7.37. The highest BCUT2D eigenvalue weighted by atomic mass is 35.5. The Morgan fingerprint density at radius 1 is 1.50 bits per heavy atom. The number of hydrogen-bond donors (Lipinski definition) is 2. The molecule has 0 spiro atoms. The van der Waals surface area contributed by atoms with Gasteiger partial charge in [0.25, 0.3) is 0 Å². The van der Waals surface area contributed by atoms with Gasteiger partial charge in [0.05, 0.1) is 13.7 Å². The molecule has 5 nitrogen and oxygen atoms in total. The summed E-state index contributed by atoms with van der Waals surface area (Å²) >= 11 is 0. The van der Waals surface area contributed by atoms with Crippen LogP contribution in [-0.4, -0.2) is 44.1 Å². The van der Waals surface area contributed by atoms with E-state index in [1.807, 2.05) is 24.3 Å². The molecule has 1 aliphatic heterocycles. The zero-order chi connectivity index (χ0) is 15.3. The predicted octanol–water partition coefficient (Wildman–Crippen LogP) is 1.40. The van der Waals surface area contributed by atoms with Crippen LogP contribution in [0.3, 0.4) is 0 Å². The van der Waals surface area contributed by atoms with Crippen LogP contribution in [0.2, 0.25) is 0 Å². The van der Waals surface area contributed by atoms with Crippen LogP contribution in [0.1, 0.15) is 18.9 Å². The number of carbonyl (C=O) groups is 1. The first-order valence-corrected chi connectivity index (χ1v) is 7.37. The zero-order valence-corrected chi connectivity index (χ0v) is 14.1. The van der Waals surface area contributed by atoms with E-state index in [9.17, 15) is 4.79 Å². The van der Waals surface area contributed by atoms with Gasteiger partial charge in [0.1, 0.15) is 5.75 Å². The number of halogens is 1. The average Bonchev–Trinajstić information content (AvgIpc) is 2.87. The minimum atomic E-state index is 0. The van der Waals surface area contributed by atoms with Gasteiger partial charge < -0.3 is 15.8 Å². The topological polar surface area (TPSA) is 67.6 Å². The highest BCUT2D eigenvalue weighted by Crippen LogP contribution is 2.27. The van der Waals surface area contributed by atoms with Crippen molar-refractivity contribution in [2.75, 3.05) is 33.3 Å². The number of rotatable bonds is 6. The Morgan fingerprint density at radius 2 is 2.27 bits per heavy atom. The fourth-order valence-electron chi connectivity index (χ4n) is 2.67. The monoisotopic (exact) mass is 327 g/mol. The number of nitrogens with two attached hydrogens (primary N) is 1. The minimum absolute atomic E-state index is 0. The summed E-state index contributed by atoms with van der Waals surface area (Å²) in [5.41, 5.74) is 6.98. The second-order valence-corrected chi connectivity index (χ2v) is 6.10. The average molecular weight is 328 g/mol. The van der Waals surface area contributed by atoms with Crippen molar-refractivity contribution in [2.24, 2.45) is 11.1 Å². The number of nitrogens with zero attached hydrogens (tertiary/aromatic N) is 1. The maximum Gasteiger partial charge on any atom is 0.234 e. The van der Waals surface area contributed by atoms with Gasteiger partial charge >= 0.3 is 0 Å². The molecule has 0 radical (unpaired) electrons. The van der Waals surface area contributed by atoms with Crippen LogP contribution in [0.15, 0.2) is 24.3 Å². The van der Waals surface area contributed by atoms with Gasteiger partial charge in [-0.15, -0.1) is 12.4 Å². The minimum Gasteiger partial charge on any atom is -0.497 e. The van der Waals surface area contributed by atoms with E-state index in [0.717, 1.165) is 30.8 Å². The van der Waals surface area contributed by atoms with Crippen LogP contribution >= 0.6 is 12.4 Å². The number of nitrogens with one attached hydrogen (secondary N) is 1. The summed E-state index contributed by atoms with van der Waals surface area (Å²) < 4.78 is 5.17. The highest BCUT2D eigenvalue weighted by Gasteiger charge is 2.32. The molecule has 22 heavy (non-hydrogen) atoms. The van der Waals surface area contributed by atoms with Gasteiger partial charge in [-0.25, -0.2) is 0 Å². The van der Waals surface area contributed by atoms with Gasteiger partial charge in [0.2, 0.25) is 5.91 Å². The molecule has 6 heteroatoms. The Hall–Kier alpha value is -1.30. The summed E-state index contributed by atoms with van der Waals surface area (Å²) in [7, 11) is 1.64. The number of methoxy groups -OCH3 is 1. The van der Waals surface area contributed by atoms with Crippen molar-refractivity contribution in [1.29, 1.82) is 0 Å². The summed E-state index contributed by atoms with van der Waals surface area (Å²) in [6, 6.07) is 7.72. The first-order chi connectivity index (χ1) is 10.0. The normalized spacial score (nSPS) is 21.2. The third-order valence-electron chi connectivity index (χ3n) is 4.12. The second kappa shape index (κ2) is 8.36. The standard InChI is InChI=1S/C16H25N3O2.ClH/c1-16(11-17)6-7-19(12-16)10-15(20)18-9-13-4-3-5-14(8-13)21-2;/h3-5,8H,6-7,9-12,17H2,1-2H3,(H,18,20);1H. The molecule has 1 aromatic rings. The van der Waals surface area contributed by atoms with Gasteiger partial charge in [-0.1, -0.05) is 19.1 Å². The Bertz CT molecular complexity index is 498. The van der Waals surface area contributed by atoms with Crippen molar-refractivity contribution >= 4 is 18.3 Å². The van der Waals surface area contributed by atoms with E-state index in [0.29, 0.717) is 19.6 Å². The molecule has 1 saturated heterocycles. The van der Waals surface area contributed by atoms with Crippen LogP contribution in [-0.2, 0) is 11.3 Å². The Balaban J connectivity index is 0.00000242. The van der Waals surface area contributed by atoms with Crippen LogP contribution < -0.4 is 15.8 Å². The summed E-state index contributed by atoms with van der Waals surface area (Å²) in [5, 5.41) is 2.96. The highest BCUT2D eigenvalue weighted by molar-refractivity contribution is 5.85. The Morgan fingerprint density at radius 3 is 2.91 bits per heavy atom. The summed E-state index contributed by atoms with van der Waals surface area (Å²) in [4.78, 5) is 14.2. The first kappa shape index (κ1) is 18.7. The molecule has 0 bridgehead atoms. The van der Waals surface area contributed by atoms with E-state index in [-0.39, 0.29) is 23.7 Å². The molecule has 1 atom stereocenters. The molecule has 1 aliphatic rings. The largest absolute Gasteiger partial charge is 0.497 e. The van der Waals surface area contributed by atoms with E-state index >= 15 is 0 Å². The lowest BCUT2D eigenvalue weighted by molar-refractivity contribution is -0.122. The Kier molecular flexibility index (Phi) is 7.13. The van der Waals surface area contributed by atoms with E-state index < -0.39 is 0 Å². The fraction of sp³-hybridized carbons (Fsp3) is 0.562. The number of carbonyl (C=O) groups excluding carboxylic acids is 1. The second-order valence-electron chi connectivity index (χ2n) is 6.10. The molecule has 124 valence electrons. The molecule has 0 aromatic heterocycles. The van der Waals surface area contributed by atoms with E-state index in [1.54, 1.807) is 7.11 Å². The molecular formula is C16H26ClN3O2. The van der Waals surface area contributed by atoms with Gasteiger partial charge in [-0.05, 0) is 42.6 Å². The van der Waals surface area contributed by atoms with Crippen molar-refractivity contribution in [2.45, 2.75) is 19.9 Å². The molecule has 1 aromatic carbocycles. The summed E-state index contributed by atoms with van der Waals surface area (Å²) in [6.07, 6.45) is 1.06. The van der Waals surface area contributed by atoms with Crippen LogP contribution in [0.25, 0.3) is 0 Å². The van der Waals surface area contributed by atoms with Gasteiger partial charge in [-0.3, -0.25) is 9.69 Å². The lowest BCUT2D eigenvalue weighted by atomic mass is 9.90. The fourth-order valence-corrected chi connectivity index (χ4v) is 2.67. The summed E-state index contributed by atoms with van der Waals surface area (Å²) in [6.45, 7) is 5.67. The third-order valence-corrected chi connectivity index (χ3v) is 4.12. The van der Waals surface area contributed by atoms with E-state index in [1.165, 1.54) is 0 Å². The molecule has 1 unspecified atom stereocenters. The van der Waals surface area contributed by atoms with Gasteiger partial charge in [0.15, 0.2) is 0 Å². The Labute approximate surface area is 138 Å². The number of benzene rings is 1. The van der Waals surface area contributed by atoms with Gasteiger partial charge in [-0.2, -0.15) is 0 Å². The molecule has 0 saturated carbocycles. The molecular weight excluding hydrogens is 302 g/mol. The predicted molar refractivity (Wildman–Crippen MR) is 90.3 cm³/mol. The smallest absolute Gasteiger partial charge is 0.234 e. The van der Waals surface area contributed by atoms with Gasteiger partial charge in [0, 0.05) is 13.1 Å². The quantitative estimate of drug-likeness (QED) is 0.829. The molecule has 1 fully saturated rings. The zero-order valence-electron chi connectivity index (χ0n) is 13.3. The number of likely N-dealkylation sites (tertiary alicyclic amines) is 1. The molecule has 2 rings (SSSR count). The SMILES string of the molecule is COc1cccc(CNC(=O)CN2CCC(C)(CN)C2)c1.Cl.